The van der Waals surface area contributed by atoms with E-state index in [1.165, 1.54) is 4.90 Å². The van der Waals surface area contributed by atoms with Crippen LogP contribution in [0, 0.1) is 11.3 Å². The lowest BCUT2D eigenvalue weighted by molar-refractivity contribution is -0.151. The quantitative estimate of drug-likeness (QED) is 0.424. The van der Waals surface area contributed by atoms with E-state index in [0.717, 1.165) is 29.5 Å². The van der Waals surface area contributed by atoms with Gasteiger partial charge in [0.15, 0.2) is 0 Å². The van der Waals surface area contributed by atoms with Crippen LogP contribution in [0.4, 0.5) is 4.79 Å². The Hall–Kier alpha value is -4.08. The minimum atomic E-state index is -0.860. The van der Waals surface area contributed by atoms with E-state index in [9.17, 15) is 24.3 Å². The maximum atomic E-state index is 13.9. The van der Waals surface area contributed by atoms with Gasteiger partial charge >= 0.3 is 11.8 Å². The first-order valence-electron chi connectivity index (χ1n) is 15.1. The van der Waals surface area contributed by atoms with Crippen molar-refractivity contribution in [3.8, 4) is 5.75 Å². The van der Waals surface area contributed by atoms with Crippen molar-refractivity contribution in [1.29, 1.82) is 0 Å². The summed E-state index contributed by atoms with van der Waals surface area (Å²) in [5, 5.41) is 10.1. The summed E-state index contributed by atoms with van der Waals surface area (Å²) in [5.41, 5.74) is 2.80. The number of likely N-dealkylation sites (tertiary alicyclic amines) is 1. The Kier molecular flexibility index (Phi) is 7.13. The van der Waals surface area contributed by atoms with Gasteiger partial charge in [-0.1, -0.05) is 45.0 Å². The highest BCUT2D eigenvalue weighted by Gasteiger charge is 2.53. The lowest BCUT2D eigenvalue weighted by Gasteiger charge is -2.49. The molecule has 3 aliphatic heterocycles. The molecule has 0 spiro atoms. The average molecular weight is 589 g/mol. The molecule has 0 aliphatic carbocycles. The number of rotatable bonds is 5. The second kappa shape index (κ2) is 10.6. The molecular weight excluding hydrogens is 548 g/mol. The highest BCUT2D eigenvalue weighted by molar-refractivity contribution is 6.00. The Balaban J connectivity index is 1.40. The van der Waals surface area contributed by atoms with E-state index in [0.29, 0.717) is 17.7 Å². The molecule has 1 N–H and O–H groups in total. The van der Waals surface area contributed by atoms with Crippen molar-refractivity contribution in [3.63, 3.8) is 0 Å². The van der Waals surface area contributed by atoms with Crippen LogP contribution in [-0.4, -0.2) is 61.1 Å². The minimum Gasteiger partial charge on any atom is -0.497 e. The maximum Gasteiger partial charge on any atom is 0.407 e. The summed E-state index contributed by atoms with van der Waals surface area (Å²) in [4.78, 5) is 55.9. The van der Waals surface area contributed by atoms with Gasteiger partial charge in [0.1, 0.15) is 11.8 Å². The molecule has 3 saturated heterocycles. The van der Waals surface area contributed by atoms with E-state index >= 15 is 0 Å². The van der Waals surface area contributed by atoms with Gasteiger partial charge in [0, 0.05) is 25.6 Å². The Morgan fingerprint density at radius 3 is 2.40 bits per heavy atom. The van der Waals surface area contributed by atoms with E-state index in [4.69, 9.17) is 4.74 Å². The molecule has 4 heterocycles. The summed E-state index contributed by atoms with van der Waals surface area (Å²) in [6, 6.07) is 12.2. The first kappa shape index (κ1) is 29.0. The van der Waals surface area contributed by atoms with Crippen LogP contribution in [0.2, 0.25) is 0 Å². The zero-order chi connectivity index (χ0) is 30.8. The van der Waals surface area contributed by atoms with Gasteiger partial charge in [-0.2, -0.15) is 0 Å². The van der Waals surface area contributed by atoms with E-state index < -0.39 is 12.1 Å². The van der Waals surface area contributed by atoms with Gasteiger partial charge in [0.2, 0.25) is 5.91 Å². The first-order valence-corrected chi connectivity index (χ1v) is 15.1. The van der Waals surface area contributed by atoms with Crippen LogP contribution < -0.4 is 10.4 Å². The average Bonchev–Trinajstić information content (AvgIpc) is 3.41. The number of piperidine rings is 2. The standard InChI is InChI=1S/C33H40N4O6/c1-33(2,3)28-23(17-20-11-14-24(28)36(20)32(41)42)22-7-6-8-25-29(22)34(4)31(40)37(25)26-15-16-27(38)35(30(26)39)18-19-9-12-21(43-5)13-10-19/h6-10,12-13,20,23-24,26,28H,11,14-18H2,1-5H3,(H,41,42). The smallest absolute Gasteiger partial charge is 0.407 e. The summed E-state index contributed by atoms with van der Waals surface area (Å²) in [5.74, 6) is 0.160. The van der Waals surface area contributed by atoms with Crippen LogP contribution in [0.25, 0.3) is 11.0 Å². The van der Waals surface area contributed by atoms with Gasteiger partial charge in [-0.25, -0.2) is 9.59 Å². The number of para-hydroxylation sites is 1. The molecule has 5 atom stereocenters. The van der Waals surface area contributed by atoms with Crippen molar-refractivity contribution in [2.24, 2.45) is 18.4 Å². The Labute approximate surface area is 250 Å². The molecule has 0 saturated carbocycles. The van der Waals surface area contributed by atoms with Crippen LogP contribution >= 0.6 is 0 Å². The predicted octanol–water partition coefficient (Wildman–Crippen LogP) is 4.90. The molecular formula is C33H40N4O6. The monoisotopic (exact) mass is 588 g/mol. The normalized spacial score (nSPS) is 25.9. The second-order valence-electron chi connectivity index (χ2n) is 13.4. The summed E-state index contributed by atoms with van der Waals surface area (Å²) in [7, 11) is 3.32. The molecule has 2 bridgehead atoms. The van der Waals surface area contributed by atoms with Crippen LogP contribution in [0.1, 0.15) is 76.0 Å². The van der Waals surface area contributed by atoms with Crippen molar-refractivity contribution < 1.29 is 24.2 Å². The summed E-state index contributed by atoms with van der Waals surface area (Å²) in [6.07, 6.45) is 1.92. The highest BCUT2D eigenvalue weighted by atomic mass is 16.5. The van der Waals surface area contributed by atoms with Gasteiger partial charge in [-0.15, -0.1) is 0 Å². The molecule has 0 radical (unpaired) electrons. The molecule has 228 valence electrons. The number of imidazole rings is 1. The Bertz CT molecular complexity index is 1650. The third-order valence-corrected chi connectivity index (χ3v) is 9.97. The number of amides is 3. The summed E-state index contributed by atoms with van der Waals surface area (Å²) in [6.45, 7) is 6.63. The van der Waals surface area contributed by atoms with Gasteiger partial charge in [-0.05, 0) is 72.3 Å². The molecule has 10 nitrogen and oxygen atoms in total. The lowest BCUT2D eigenvalue weighted by atomic mass is 9.64. The van der Waals surface area contributed by atoms with E-state index in [2.05, 4.69) is 26.8 Å². The van der Waals surface area contributed by atoms with E-state index in [1.807, 2.05) is 24.3 Å². The Morgan fingerprint density at radius 2 is 1.74 bits per heavy atom. The zero-order valence-corrected chi connectivity index (χ0v) is 25.4. The highest BCUT2D eigenvalue weighted by Crippen LogP contribution is 2.54. The number of ether oxygens (including phenoxy) is 1. The number of aryl methyl sites for hydroxylation is 1. The van der Waals surface area contributed by atoms with Gasteiger partial charge in [-0.3, -0.25) is 23.6 Å². The number of aromatic nitrogens is 2. The van der Waals surface area contributed by atoms with Crippen LogP contribution in [0.5, 0.6) is 5.75 Å². The number of carboxylic acid groups (broad SMARTS) is 1. The number of carbonyl (C=O) groups excluding carboxylic acids is 2. The number of imide groups is 1. The van der Waals surface area contributed by atoms with E-state index in [-0.39, 0.29) is 66.2 Å². The lowest BCUT2D eigenvalue weighted by Crippen LogP contribution is -2.53. The molecule has 3 fully saturated rings. The largest absolute Gasteiger partial charge is 0.497 e. The molecule has 5 unspecified atom stereocenters. The molecule has 10 heteroatoms. The van der Waals surface area contributed by atoms with Crippen molar-refractivity contribution >= 4 is 28.9 Å². The molecule has 3 amide bonds. The predicted molar refractivity (Wildman–Crippen MR) is 161 cm³/mol. The van der Waals surface area contributed by atoms with Crippen molar-refractivity contribution in [2.75, 3.05) is 7.11 Å². The number of benzene rings is 2. The number of hydrogen-bond donors (Lipinski definition) is 1. The van der Waals surface area contributed by atoms with Crippen LogP contribution in [-0.2, 0) is 23.2 Å². The van der Waals surface area contributed by atoms with Crippen molar-refractivity contribution in [3.05, 3.63) is 64.1 Å². The summed E-state index contributed by atoms with van der Waals surface area (Å²) >= 11 is 0. The van der Waals surface area contributed by atoms with Crippen molar-refractivity contribution in [2.45, 2.75) is 83.5 Å². The first-order chi connectivity index (χ1) is 20.4. The number of fused-ring (bicyclic) bond motifs is 3. The molecule has 6 rings (SSSR count). The fraction of sp³-hybridized carbons (Fsp3) is 0.515. The maximum absolute atomic E-state index is 13.9. The topological polar surface area (TPSA) is 114 Å². The molecule has 2 aromatic carbocycles. The van der Waals surface area contributed by atoms with Gasteiger partial charge < -0.3 is 14.7 Å². The van der Waals surface area contributed by atoms with Gasteiger partial charge in [0.05, 0.1) is 24.7 Å². The molecule has 3 aromatic rings. The van der Waals surface area contributed by atoms with Gasteiger partial charge in [0.25, 0.3) is 5.91 Å². The fourth-order valence-electron chi connectivity index (χ4n) is 8.21. The van der Waals surface area contributed by atoms with E-state index in [1.54, 1.807) is 40.3 Å². The van der Waals surface area contributed by atoms with Crippen LogP contribution in [0.3, 0.4) is 0 Å². The number of methoxy groups -OCH3 is 1. The summed E-state index contributed by atoms with van der Waals surface area (Å²) < 4.78 is 8.43. The second-order valence-corrected chi connectivity index (χ2v) is 13.4. The Morgan fingerprint density at radius 1 is 1.02 bits per heavy atom. The molecule has 43 heavy (non-hydrogen) atoms. The SMILES string of the molecule is COc1ccc(CN2C(=O)CCC(n3c(=O)n(C)c4c(C5CC6CCC(C5C(C)(C)C)N6C(=O)O)cccc43)C2=O)cc1. The zero-order valence-electron chi connectivity index (χ0n) is 25.4. The fourth-order valence-corrected chi connectivity index (χ4v) is 8.21. The molecule has 1 aromatic heterocycles. The number of hydrogen-bond acceptors (Lipinski definition) is 5. The van der Waals surface area contributed by atoms with Crippen LogP contribution in [0.15, 0.2) is 47.3 Å². The third kappa shape index (κ3) is 4.71. The third-order valence-electron chi connectivity index (χ3n) is 9.97. The number of carbonyl (C=O) groups is 3. The molecule has 3 aliphatic rings. The van der Waals surface area contributed by atoms with Crippen molar-refractivity contribution in [1.82, 2.24) is 18.9 Å². The number of nitrogens with zero attached hydrogens (tertiary/aromatic N) is 4. The minimum absolute atomic E-state index is 0.0495.